The van der Waals surface area contributed by atoms with Crippen LogP contribution in [-0.4, -0.2) is 48.0 Å². The molecule has 2 amide bonds. The molecule has 8 heteroatoms. The number of fused-ring (bicyclic) bond motifs is 1. The number of hydrogen-bond acceptors (Lipinski definition) is 5. The van der Waals surface area contributed by atoms with E-state index in [0.29, 0.717) is 60.8 Å². The second-order valence-electron chi connectivity index (χ2n) is 9.28. The summed E-state index contributed by atoms with van der Waals surface area (Å²) in [6.45, 7) is 6.47. The molecule has 0 unspecified atom stereocenters. The Labute approximate surface area is 205 Å². The lowest BCUT2D eigenvalue weighted by molar-refractivity contribution is -0.118. The van der Waals surface area contributed by atoms with Crippen LogP contribution in [-0.2, 0) is 16.0 Å². The predicted octanol–water partition coefficient (Wildman–Crippen LogP) is 5.50. The number of carbonyl (C=O) groups is 3. The first-order valence-electron chi connectivity index (χ1n) is 11.4. The minimum absolute atomic E-state index is 0.0221. The number of nitrogens with zero attached hydrogens (tertiary/aromatic N) is 1. The number of amides is 2. The average Bonchev–Trinajstić information content (AvgIpc) is 2.76. The van der Waals surface area contributed by atoms with Crippen LogP contribution in [0.1, 0.15) is 56.0 Å². The summed E-state index contributed by atoms with van der Waals surface area (Å²) < 4.78 is 10.9. The number of anilines is 1. The summed E-state index contributed by atoms with van der Waals surface area (Å²) in [7, 11) is 0. The highest BCUT2D eigenvalue weighted by molar-refractivity contribution is 6.30. The molecule has 0 radical (unpaired) electrons. The standard InChI is InChI=1S/C26H31ClN2O5/c1-26(2,3)34-25(32)29(14-12-18-7-6-8-20(27)15-18)13-5-4-9-22(30)19-10-11-23-21(16-19)28-24(31)17-33-23/h6-8,10-11,15-16H,4-5,9,12-14,17H2,1-3H3,(H,28,31). The second-order valence-corrected chi connectivity index (χ2v) is 9.71. The Morgan fingerprint density at radius 3 is 2.65 bits per heavy atom. The van der Waals surface area contributed by atoms with Crippen LogP contribution in [0, 0.1) is 0 Å². The number of unbranched alkanes of at least 4 members (excludes halogenated alkanes) is 1. The second kappa shape index (κ2) is 11.4. The summed E-state index contributed by atoms with van der Waals surface area (Å²) in [4.78, 5) is 38.6. The van der Waals surface area contributed by atoms with Gasteiger partial charge in [0.2, 0.25) is 0 Å². The minimum atomic E-state index is -0.590. The van der Waals surface area contributed by atoms with E-state index in [2.05, 4.69) is 5.32 Å². The summed E-state index contributed by atoms with van der Waals surface area (Å²) >= 11 is 6.07. The molecule has 1 aliphatic rings. The highest BCUT2D eigenvalue weighted by atomic mass is 35.5. The number of halogens is 1. The van der Waals surface area contributed by atoms with Gasteiger partial charge in [-0.05, 0) is 75.9 Å². The van der Waals surface area contributed by atoms with Gasteiger partial charge < -0.3 is 19.7 Å². The van der Waals surface area contributed by atoms with Crippen LogP contribution < -0.4 is 10.1 Å². The Hall–Kier alpha value is -3.06. The van der Waals surface area contributed by atoms with Gasteiger partial charge in [0.05, 0.1) is 5.69 Å². The van der Waals surface area contributed by atoms with E-state index >= 15 is 0 Å². The van der Waals surface area contributed by atoms with Crippen molar-refractivity contribution in [3.05, 3.63) is 58.6 Å². The van der Waals surface area contributed by atoms with Crippen molar-refractivity contribution >= 4 is 35.1 Å². The van der Waals surface area contributed by atoms with Crippen LogP contribution >= 0.6 is 11.6 Å². The molecular formula is C26H31ClN2O5. The van der Waals surface area contributed by atoms with Gasteiger partial charge >= 0.3 is 6.09 Å². The number of rotatable bonds is 9. The van der Waals surface area contributed by atoms with Crippen molar-refractivity contribution < 1.29 is 23.9 Å². The van der Waals surface area contributed by atoms with Crippen LogP contribution in [0.3, 0.4) is 0 Å². The van der Waals surface area contributed by atoms with Crippen LogP contribution in [0.4, 0.5) is 10.5 Å². The van der Waals surface area contributed by atoms with E-state index in [1.54, 1.807) is 23.1 Å². The number of Topliss-reactive ketones (excluding diaryl/α,β-unsaturated/α-hetero) is 1. The first-order valence-corrected chi connectivity index (χ1v) is 11.8. The summed E-state index contributed by atoms with van der Waals surface area (Å²) in [6.07, 6.45) is 1.90. The van der Waals surface area contributed by atoms with E-state index in [1.807, 2.05) is 45.0 Å². The van der Waals surface area contributed by atoms with Crippen LogP contribution in [0.2, 0.25) is 5.02 Å². The molecular weight excluding hydrogens is 456 g/mol. The highest BCUT2D eigenvalue weighted by Gasteiger charge is 2.22. The first kappa shape index (κ1) is 25.6. The lowest BCUT2D eigenvalue weighted by atomic mass is 10.0. The Balaban J connectivity index is 1.53. The molecule has 3 rings (SSSR count). The molecule has 2 aromatic rings. The smallest absolute Gasteiger partial charge is 0.410 e. The Morgan fingerprint density at radius 2 is 1.91 bits per heavy atom. The molecule has 1 aliphatic heterocycles. The van der Waals surface area contributed by atoms with E-state index in [0.717, 1.165) is 5.56 Å². The predicted molar refractivity (Wildman–Crippen MR) is 132 cm³/mol. The number of ketones is 1. The third-order valence-corrected chi connectivity index (χ3v) is 5.46. The van der Waals surface area contributed by atoms with E-state index in [9.17, 15) is 14.4 Å². The van der Waals surface area contributed by atoms with Crippen molar-refractivity contribution in [2.75, 3.05) is 25.0 Å². The Morgan fingerprint density at radius 1 is 1.12 bits per heavy atom. The third kappa shape index (κ3) is 7.76. The fourth-order valence-electron chi connectivity index (χ4n) is 3.57. The molecule has 0 atom stereocenters. The molecule has 0 spiro atoms. The van der Waals surface area contributed by atoms with Gasteiger partial charge in [-0.3, -0.25) is 9.59 Å². The number of ether oxygens (including phenoxy) is 2. The molecule has 0 saturated heterocycles. The fraction of sp³-hybridized carbons (Fsp3) is 0.423. The van der Waals surface area contributed by atoms with Gasteiger partial charge in [0.15, 0.2) is 12.4 Å². The van der Waals surface area contributed by atoms with Gasteiger partial charge in [0, 0.05) is 30.1 Å². The van der Waals surface area contributed by atoms with Gasteiger partial charge in [-0.25, -0.2) is 4.79 Å². The van der Waals surface area contributed by atoms with Gasteiger partial charge in [0.25, 0.3) is 5.91 Å². The van der Waals surface area contributed by atoms with Crippen molar-refractivity contribution in [3.63, 3.8) is 0 Å². The molecule has 182 valence electrons. The summed E-state index contributed by atoms with van der Waals surface area (Å²) in [5.74, 6) is 0.298. The van der Waals surface area contributed by atoms with E-state index < -0.39 is 5.60 Å². The van der Waals surface area contributed by atoms with E-state index in [1.165, 1.54) is 0 Å². The largest absolute Gasteiger partial charge is 0.482 e. The zero-order chi connectivity index (χ0) is 24.7. The molecule has 7 nitrogen and oxygen atoms in total. The maximum Gasteiger partial charge on any atom is 0.410 e. The SMILES string of the molecule is CC(C)(C)OC(=O)N(CCCCC(=O)c1ccc2c(c1)NC(=O)CO2)CCc1cccc(Cl)c1. The molecule has 0 aromatic heterocycles. The quantitative estimate of drug-likeness (QED) is 0.373. The van der Waals surface area contributed by atoms with Gasteiger partial charge in [-0.1, -0.05) is 23.7 Å². The Bertz CT molecular complexity index is 1050. The van der Waals surface area contributed by atoms with Crippen molar-refractivity contribution in [2.24, 2.45) is 0 Å². The topological polar surface area (TPSA) is 84.9 Å². The van der Waals surface area contributed by atoms with Crippen LogP contribution in [0.5, 0.6) is 5.75 Å². The summed E-state index contributed by atoms with van der Waals surface area (Å²) in [5.41, 5.74) is 1.49. The highest BCUT2D eigenvalue weighted by Crippen LogP contribution is 2.29. The average molecular weight is 487 g/mol. The van der Waals surface area contributed by atoms with Crippen molar-refractivity contribution in [1.29, 1.82) is 0 Å². The number of nitrogens with one attached hydrogen (secondary N) is 1. The lowest BCUT2D eigenvalue weighted by Crippen LogP contribution is -2.38. The van der Waals surface area contributed by atoms with Gasteiger partial charge in [-0.2, -0.15) is 0 Å². The molecule has 2 aromatic carbocycles. The lowest BCUT2D eigenvalue weighted by Gasteiger charge is -2.27. The number of carbonyl (C=O) groups excluding carboxylic acids is 3. The van der Waals surface area contributed by atoms with Crippen molar-refractivity contribution in [1.82, 2.24) is 4.90 Å². The van der Waals surface area contributed by atoms with Gasteiger partial charge in [-0.15, -0.1) is 0 Å². The fourth-order valence-corrected chi connectivity index (χ4v) is 3.78. The van der Waals surface area contributed by atoms with Crippen LogP contribution in [0.25, 0.3) is 0 Å². The Kier molecular flexibility index (Phi) is 8.56. The van der Waals surface area contributed by atoms with Crippen molar-refractivity contribution in [3.8, 4) is 5.75 Å². The maximum absolute atomic E-state index is 12.7. The molecule has 34 heavy (non-hydrogen) atoms. The zero-order valence-electron chi connectivity index (χ0n) is 19.9. The molecule has 0 aliphatic carbocycles. The normalized spacial score (nSPS) is 12.9. The maximum atomic E-state index is 12.7. The molecule has 0 saturated carbocycles. The third-order valence-electron chi connectivity index (χ3n) is 5.23. The number of hydrogen-bond donors (Lipinski definition) is 1. The van der Waals surface area contributed by atoms with E-state index in [-0.39, 0.29) is 24.4 Å². The van der Waals surface area contributed by atoms with Crippen LogP contribution in [0.15, 0.2) is 42.5 Å². The van der Waals surface area contributed by atoms with Crippen molar-refractivity contribution in [2.45, 2.75) is 52.1 Å². The van der Waals surface area contributed by atoms with E-state index in [4.69, 9.17) is 21.1 Å². The first-order chi connectivity index (χ1) is 16.1. The monoisotopic (exact) mass is 486 g/mol. The summed E-state index contributed by atoms with van der Waals surface area (Å²) in [5, 5.41) is 3.38. The molecule has 1 heterocycles. The molecule has 1 N–H and O–H groups in total. The number of benzene rings is 2. The molecule has 0 fully saturated rings. The molecule has 0 bridgehead atoms. The zero-order valence-corrected chi connectivity index (χ0v) is 20.6. The summed E-state index contributed by atoms with van der Waals surface area (Å²) in [6, 6.07) is 12.6. The minimum Gasteiger partial charge on any atom is -0.482 e. The van der Waals surface area contributed by atoms with Gasteiger partial charge in [0.1, 0.15) is 11.4 Å².